The van der Waals surface area contributed by atoms with Gasteiger partial charge in [0.15, 0.2) is 0 Å². The van der Waals surface area contributed by atoms with Crippen LogP contribution in [0.2, 0.25) is 0 Å². The van der Waals surface area contributed by atoms with E-state index in [4.69, 9.17) is 9.47 Å². The van der Waals surface area contributed by atoms with E-state index in [0.717, 1.165) is 19.6 Å². The lowest BCUT2D eigenvalue weighted by atomic mass is 10.1. The van der Waals surface area contributed by atoms with E-state index in [0.29, 0.717) is 52.2 Å². The van der Waals surface area contributed by atoms with Crippen LogP contribution in [-0.2, 0) is 9.84 Å². The van der Waals surface area contributed by atoms with Crippen molar-refractivity contribution in [1.29, 1.82) is 0 Å². The van der Waals surface area contributed by atoms with Gasteiger partial charge in [-0.05, 0) is 49.5 Å². The molecule has 1 aliphatic heterocycles. The summed E-state index contributed by atoms with van der Waals surface area (Å²) in [6.07, 6.45) is 0. The van der Waals surface area contributed by atoms with Crippen LogP contribution in [0.4, 0.5) is 0 Å². The highest BCUT2D eigenvalue weighted by atomic mass is 32.2. The molecule has 0 radical (unpaired) electrons. The second-order valence-electron chi connectivity index (χ2n) is 6.22. The second-order valence-corrected chi connectivity index (χ2v) is 8.11. The van der Waals surface area contributed by atoms with Gasteiger partial charge < -0.3 is 20.1 Å². The Labute approximate surface area is 160 Å². The zero-order valence-corrected chi connectivity index (χ0v) is 16.6. The van der Waals surface area contributed by atoms with Crippen molar-refractivity contribution in [2.24, 2.45) is 0 Å². The van der Waals surface area contributed by atoms with Crippen LogP contribution < -0.4 is 20.1 Å². The first-order valence-electron chi connectivity index (χ1n) is 9.28. The molecule has 0 saturated heterocycles. The molecule has 0 amide bonds. The van der Waals surface area contributed by atoms with Crippen LogP contribution in [0.15, 0.2) is 46.2 Å². The third-order valence-electron chi connectivity index (χ3n) is 4.37. The molecule has 0 aromatic heterocycles. The third-order valence-corrected chi connectivity index (χ3v) is 6.22. The Balaban J connectivity index is 1.81. The molecule has 0 fully saturated rings. The van der Waals surface area contributed by atoms with E-state index in [9.17, 15) is 8.42 Å². The highest BCUT2D eigenvalue weighted by Crippen LogP contribution is 2.45. The van der Waals surface area contributed by atoms with Crippen molar-refractivity contribution in [3.8, 4) is 22.6 Å². The van der Waals surface area contributed by atoms with Gasteiger partial charge in [-0.25, -0.2) is 8.42 Å². The number of nitrogens with one attached hydrogen (secondary N) is 2. The Morgan fingerprint density at radius 1 is 0.778 bits per heavy atom. The van der Waals surface area contributed by atoms with Gasteiger partial charge in [-0.15, -0.1) is 0 Å². The van der Waals surface area contributed by atoms with E-state index < -0.39 is 9.84 Å². The lowest BCUT2D eigenvalue weighted by Gasteiger charge is -2.09. The maximum Gasteiger partial charge on any atom is 0.207 e. The molecule has 0 atom stereocenters. The summed E-state index contributed by atoms with van der Waals surface area (Å²) >= 11 is 0. The molecular formula is C20H26N2O4S. The number of fused-ring (bicyclic) bond motifs is 3. The van der Waals surface area contributed by atoms with Gasteiger partial charge in [-0.3, -0.25) is 0 Å². The summed E-state index contributed by atoms with van der Waals surface area (Å²) in [5, 5.41) is 6.36. The van der Waals surface area contributed by atoms with Gasteiger partial charge in [-0.1, -0.05) is 13.8 Å². The van der Waals surface area contributed by atoms with Gasteiger partial charge >= 0.3 is 0 Å². The molecule has 27 heavy (non-hydrogen) atoms. The zero-order valence-electron chi connectivity index (χ0n) is 15.7. The summed E-state index contributed by atoms with van der Waals surface area (Å²) in [4.78, 5) is 0.615. The average Bonchev–Trinajstić information content (AvgIpc) is 2.89. The molecule has 146 valence electrons. The Hall–Kier alpha value is -2.09. The molecule has 0 spiro atoms. The van der Waals surface area contributed by atoms with E-state index in [2.05, 4.69) is 10.6 Å². The minimum absolute atomic E-state index is 0.295. The van der Waals surface area contributed by atoms with Gasteiger partial charge in [0.25, 0.3) is 0 Å². The van der Waals surface area contributed by atoms with Crippen LogP contribution in [-0.4, -0.2) is 47.8 Å². The number of sulfone groups is 1. The standard InChI is InChI=1S/C20H26N2O4S/c1-3-21-9-11-25-15-6-8-19-18(13-15)17-7-5-16(26-12-10-22-4-2)14-20(17)27(19,23)24/h5-8,13-14,21-22H,3-4,9-12H2,1-2H3. The van der Waals surface area contributed by atoms with Gasteiger partial charge in [-0.2, -0.15) is 0 Å². The van der Waals surface area contributed by atoms with E-state index in [1.54, 1.807) is 24.3 Å². The minimum atomic E-state index is -3.53. The molecular weight excluding hydrogens is 364 g/mol. The second kappa shape index (κ2) is 8.73. The molecule has 0 unspecified atom stereocenters. The zero-order chi connectivity index (χ0) is 19.3. The Kier molecular flexibility index (Phi) is 6.36. The predicted molar refractivity (Wildman–Crippen MR) is 105 cm³/mol. The molecule has 1 aliphatic rings. The number of benzene rings is 2. The monoisotopic (exact) mass is 390 g/mol. The molecule has 2 aromatic rings. The molecule has 2 N–H and O–H groups in total. The van der Waals surface area contributed by atoms with Crippen molar-refractivity contribution >= 4 is 9.84 Å². The van der Waals surface area contributed by atoms with Crippen LogP contribution in [0.3, 0.4) is 0 Å². The topological polar surface area (TPSA) is 76.7 Å². The fourth-order valence-corrected chi connectivity index (χ4v) is 4.72. The van der Waals surface area contributed by atoms with Crippen LogP contribution >= 0.6 is 0 Å². The van der Waals surface area contributed by atoms with Crippen molar-refractivity contribution in [3.63, 3.8) is 0 Å². The fourth-order valence-electron chi connectivity index (χ4n) is 3.04. The Morgan fingerprint density at radius 3 is 2.00 bits per heavy atom. The first-order chi connectivity index (χ1) is 13.1. The molecule has 0 aliphatic carbocycles. The molecule has 6 nitrogen and oxygen atoms in total. The van der Waals surface area contributed by atoms with E-state index in [1.807, 2.05) is 26.0 Å². The SMILES string of the molecule is CCNCCOc1ccc2c(c1)-c1ccc(OCCNCC)cc1S2(=O)=O. The molecule has 3 rings (SSSR count). The lowest BCUT2D eigenvalue weighted by molar-refractivity contribution is 0.314. The number of ether oxygens (including phenoxy) is 2. The molecule has 2 aromatic carbocycles. The average molecular weight is 391 g/mol. The predicted octanol–water partition coefficient (Wildman–Crippen LogP) is 2.48. The Bertz CT molecular complexity index is 897. The quantitative estimate of drug-likeness (QED) is 0.518. The normalized spacial score (nSPS) is 13.9. The lowest BCUT2D eigenvalue weighted by Crippen LogP contribution is -2.20. The molecule has 0 bridgehead atoms. The fraction of sp³-hybridized carbons (Fsp3) is 0.400. The summed E-state index contributed by atoms with van der Waals surface area (Å²) in [5.74, 6) is 1.23. The summed E-state index contributed by atoms with van der Waals surface area (Å²) in [6, 6.07) is 10.4. The Morgan fingerprint density at radius 2 is 1.37 bits per heavy atom. The maximum atomic E-state index is 12.9. The third kappa shape index (κ3) is 4.26. The number of likely N-dealkylation sites (N-methyl/N-ethyl adjacent to an activating group) is 2. The number of hydrogen-bond donors (Lipinski definition) is 2. The molecule has 1 heterocycles. The van der Waals surface area contributed by atoms with Crippen molar-refractivity contribution < 1.29 is 17.9 Å². The summed E-state index contributed by atoms with van der Waals surface area (Å²) in [6.45, 7) is 8.31. The van der Waals surface area contributed by atoms with Crippen LogP contribution in [0, 0.1) is 0 Å². The van der Waals surface area contributed by atoms with E-state index in [1.165, 1.54) is 0 Å². The van der Waals surface area contributed by atoms with Crippen molar-refractivity contribution in [3.05, 3.63) is 36.4 Å². The van der Waals surface area contributed by atoms with Gasteiger partial charge in [0.05, 0.1) is 9.79 Å². The van der Waals surface area contributed by atoms with Gasteiger partial charge in [0.2, 0.25) is 9.84 Å². The van der Waals surface area contributed by atoms with Crippen LogP contribution in [0.1, 0.15) is 13.8 Å². The first kappa shape index (κ1) is 19.7. The van der Waals surface area contributed by atoms with Gasteiger partial charge in [0, 0.05) is 24.2 Å². The summed E-state index contributed by atoms with van der Waals surface area (Å²) in [5.41, 5.74) is 1.38. The highest BCUT2D eigenvalue weighted by molar-refractivity contribution is 7.92. The summed E-state index contributed by atoms with van der Waals surface area (Å²) < 4.78 is 37.2. The van der Waals surface area contributed by atoms with E-state index in [-0.39, 0.29) is 0 Å². The smallest absolute Gasteiger partial charge is 0.207 e. The number of hydrogen-bond acceptors (Lipinski definition) is 6. The summed E-state index contributed by atoms with van der Waals surface area (Å²) in [7, 11) is -3.53. The van der Waals surface area contributed by atoms with Gasteiger partial charge in [0.1, 0.15) is 24.7 Å². The maximum absolute atomic E-state index is 12.9. The van der Waals surface area contributed by atoms with Crippen LogP contribution in [0.25, 0.3) is 11.1 Å². The van der Waals surface area contributed by atoms with Crippen molar-refractivity contribution in [2.75, 3.05) is 39.4 Å². The largest absolute Gasteiger partial charge is 0.492 e. The van der Waals surface area contributed by atoms with E-state index >= 15 is 0 Å². The number of rotatable bonds is 10. The van der Waals surface area contributed by atoms with Crippen LogP contribution in [0.5, 0.6) is 11.5 Å². The molecule has 7 heteroatoms. The van der Waals surface area contributed by atoms with Crippen molar-refractivity contribution in [1.82, 2.24) is 10.6 Å². The minimum Gasteiger partial charge on any atom is -0.492 e. The first-order valence-corrected chi connectivity index (χ1v) is 10.8. The highest BCUT2D eigenvalue weighted by Gasteiger charge is 2.33. The molecule has 0 saturated carbocycles. The van der Waals surface area contributed by atoms with Crippen molar-refractivity contribution in [2.45, 2.75) is 23.6 Å².